The van der Waals surface area contributed by atoms with Crippen LogP contribution in [0.3, 0.4) is 0 Å². The number of rotatable bonds is 5. The lowest BCUT2D eigenvalue weighted by Gasteiger charge is -2.33. The van der Waals surface area contributed by atoms with Gasteiger partial charge >= 0.3 is 0 Å². The Labute approximate surface area is 111 Å². The zero-order valence-electron chi connectivity index (χ0n) is 12.9. The molecule has 98 valence electrons. The minimum atomic E-state index is 0.515. The summed E-state index contributed by atoms with van der Waals surface area (Å²) >= 11 is 0. The summed E-state index contributed by atoms with van der Waals surface area (Å²) in [5.74, 6) is 2.93. The Morgan fingerprint density at radius 3 is 2.41 bits per heavy atom. The molecule has 0 aliphatic heterocycles. The third kappa shape index (κ3) is 5.53. The van der Waals surface area contributed by atoms with Gasteiger partial charge in [0.25, 0.3) is 0 Å². The summed E-state index contributed by atoms with van der Waals surface area (Å²) in [6.45, 7) is 7.22. The topological polar surface area (TPSA) is 0 Å². The lowest BCUT2D eigenvalue weighted by Crippen LogP contribution is -2.23. The predicted molar refractivity (Wildman–Crippen MR) is 84.2 cm³/mol. The molecule has 0 spiro atoms. The summed E-state index contributed by atoms with van der Waals surface area (Å²) in [7, 11) is 4.89. The molecule has 0 amide bonds. The fraction of sp³-hybridized carbons (Fsp3) is 1.00. The first-order valence-corrected chi connectivity index (χ1v) is 7.93. The molecule has 0 heterocycles. The highest BCUT2D eigenvalue weighted by atomic mass is 14.3. The molecule has 0 bridgehead atoms. The second-order valence-corrected chi connectivity index (χ2v) is 7.58. The standard InChI is InChI=1S/C15H32B2/c1-4-5-6-7-13-9-8-12(2)10-14(11-13)15(3,16)17/h12-14H,4-11,16-17H2,1-3H3. The summed E-state index contributed by atoms with van der Waals surface area (Å²) in [5.41, 5.74) is 0. The molecule has 0 nitrogen and oxygen atoms in total. The minimum absolute atomic E-state index is 0.515. The molecule has 2 heteroatoms. The molecule has 0 aromatic heterocycles. The molecule has 1 aliphatic rings. The highest BCUT2D eigenvalue weighted by Crippen LogP contribution is 2.43. The van der Waals surface area contributed by atoms with E-state index in [4.69, 9.17) is 0 Å². The maximum Gasteiger partial charge on any atom is 0.0992 e. The Kier molecular flexibility index (Phi) is 6.17. The largest absolute Gasteiger partial charge is 0.0992 e. The molecule has 0 saturated heterocycles. The van der Waals surface area contributed by atoms with Crippen LogP contribution < -0.4 is 0 Å². The van der Waals surface area contributed by atoms with Crippen LogP contribution in [0.5, 0.6) is 0 Å². The van der Waals surface area contributed by atoms with Crippen LogP contribution in [-0.2, 0) is 0 Å². The van der Waals surface area contributed by atoms with Gasteiger partial charge in [0.1, 0.15) is 0 Å². The van der Waals surface area contributed by atoms with Gasteiger partial charge in [0.2, 0.25) is 0 Å². The van der Waals surface area contributed by atoms with Crippen molar-refractivity contribution >= 4 is 15.7 Å². The summed E-state index contributed by atoms with van der Waals surface area (Å²) in [5, 5.41) is 0.515. The van der Waals surface area contributed by atoms with Gasteiger partial charge in [-0.1, -0.05) is 64.5 Å². The molecule has 0 N–H and O–H groups in total. The highest BCUT2D eigenvalue weighted by molar-refractivity contribution is 6.39. The van der Waals surface area contributed by atoms with Gasteiger partial charge in [0, 0.05) is 0 Å². The SMILES string of the molecule is BC(B)(C)C1CC(C)CCC(CCCCC)C1. The Bertz CT molecular complexity index is 207. The molecule has 0 radical (unpaired) electrons. The van der Waals surface area contributed by atoms with Gasteiger partial charge in [0.15, 0.2) is 0 Å². The van der Waals surface area contributed by atoms with Crippen molar-refractivity contribution < 1.29 is 0 Å². The lowest BCUT2D eigenvalue weighted by molar-refractivity contribution is 0.319. The van der Waals surface area contributed by atoms with E-state index in [-0.39, 0.29) is 0 Å². The maximum atomic E-state index is 2.47. The van der Waals surface area contributed by atoms with E-state index in [0.717, 1.165) is 17.8 Å². The van der Waals surface area contributed by atoms with Crippen molar-refractivity contribution in [2.24, 2.45) is 17.8 Å². The minimum Gasteiger partial charge on any atom is -0.0845 e. The first-order chi connectivity index (χ1) is 7.93. The van der Waals surface area contributed by atoms with Crippen LogP contribution in [0.1, 0.15) is 72.1 Å². The summed E-state index contributed by atoms with van der Waals surface area (Å²) in [4.78, 5) is 0. The fourth-order valence-electron chi connectivity index (χ4n) is 3.39. The molecule has 0 aromatic rings. The van der Waals surface area contributed by atoms with Crippen molar-refractivity contribution in [3.8, 4) is 0 Å². The van der Waals surface area contributed by atoms with Gasteiger partial charge in [-0.2, -0.15) is 0 Å². The lowest BCUT2D eigenvalue weighted by atomic mass is 9.47. The fourth-order valence-corrected chi connectivity index (χ4v) is 3.39. The Morgan fingerprint density at radius 2 is 1.82 bits per heavy atom. The average Bonchev–Trinajstić information content (AvgIpc) is 2.41. The van der Waals surface area contributed by atoms with Crippen molar-refractivity contribution in [1.29, 1.82) is 0 Å². The number of hydrogen-bond acceptors (Lipinski definition) is 0. The van der Waals surface area contributed by atoms with Crippen LogP contribution in [-0.4, -0.2) is 15.7 Å². The smallest absolute Gasteiger partial charge is 0.0845 e. The molecule has 0 aromatic carbocycles. The first kappa shape index (κ1) is 15.2. The molecular formula is C15H32B2. The first-order valence-electron chi connectivity index (χ1n) is 7.93. The summed E-state index contributed by atoms with van der Waals surface area (Å²) in [6.07, 6.45) is 11.7. The molecule has 1 aliphatic carbocycles. The molecule has 1 saturated carbocycles. The van der Waals surface area contributed by atoms with Gasteiger partial charge in [-0.05, 0) is 30.6 Å². The predicted octanol–water partition coefficient (Wildman–Crippen LogP) is 3.41. The summed E-state index contributed by atoms with van der Waals surface area (Å²) in [6, 6.07) is 0. The van der Waals surface area contributed by atoms with Gasteiger partial charge in [-0.15, -0.1) is 0 Å². The van der Waals surface area contributed by atoms with E-state index in [1.54, 1.807) is 0 Å². The Morgan fingerprint density at radius 1 is 1.12 bits per heavy atom. The van der Waals surface area contributed by atoms with Crippen LogP contribution in [0.4, 0.5) is 0 Å². The van der Waals surface area contributed by atoms with Crippen LogP contribution in [0.15, 0.2) is 0 Å². The highest BCUT2D eigenvalue weighted by Gasteiger charge is 2.31. The molecule has 3 unspecified atom stereocenters. The number of hydrogen-bond donors (Lipinski definition) is 0. The maximum absolute atomic E-state index is 2.47. The van der Waals surface area contributed by atoms with E-state index >= 15 is 0 Å². The third-order valence-electron chi connectivity index (χ3n) is 4.81. The molecule has 3 atom stereocenters. The van der Waals surface area contributed by atoms with Crippen molar-refractivity contribution in [3.63, 3.8) is 0 Å². The normalized spacial score (nSPS) is 31.1. The quantitative estimate of drug-likeness (QED) is 0.388. The average molecular weight is 234 g/mol. The van der Waals surface area contributed by atoms with Crippen molar-refractivity contribution in [3.05, 3.63) is 0 Å². The van der Waals surface area contributed by atoms with Crippen LogP contribution in [0.25, 0.3) is 0 Å². The van der Waals surface area contributed by atoms with Crippen molar-refractivity contribution in [1.82, 2.24) is 0 Å². The van der Waals surface area contributed by atoms with Gasteiger partial charge in [0.05, 0.1) is 15.7 Å². The number of unbranched alkanes of at least 4 members (excludes halogenated alkanes) is 2. The van der Waals surface area contributed by atoms with E-state index in [1.165, 1.54) is 51.4 Å². The Hall–Kier alpha value is 0.130. The zero-order chi connectivity index (χ0) is 12.9. The summed E-state index contributed by atoms with van der Waals surface area (Å²) < 4.78 is 0. The van der Waals surface area contributed by atoms with Crippen molar-refractivity contribution in [2.45, 2.75) is 77.4 Å². The second kappa shape index (κ2) is 6.90. The van der Waals surface area contributed by atoms with E-state index in [0.29, 0.717) is 5.21 Å². The van der Waals surface area contributed by atoms with E-state index in [1.807, 2.05) is 0 Å². The molecular weight excluding hydrogens is 202 g/mol. The second-order valence-electron chi connectivity index (χ2n) is 7.58. The van der Waals surface area contributed by atoms with Crippen LogP contribution >= 0.6 is 0 Å². The molecule has 1 rings (SSSR count). The van der Waals surface area contributed by atoms with E-state index in [2.05, 4.69) is 36.5 Å². The third-order valence-corrected chi connectivity index (χ3v) is 4.81. The van der Waals surface area contributed by atoms with E-state index in [9.17, 15) is 0 Å². The van der Waals surface area contributed by atoms with Gasteiger partial charge in [-0.25, -0.2) is 0 Å². The molecule has 1 fully saturated rings. The molecule has 17 heavy (non-hydrogen) atoms. The monoisotopic (exact) mass is 234 g/mol. The van der Waals surface area contributed by atoms with Gasteiger partial charge in [-0.3, -0.25) is 0 Å². The van der Waals surface area contributed by atoms with Gasteiger partial charge < -0.3 is 0 Å². The van der Waals surface area contributed by atoms with Crippen LogP contribution in [0.2, 0.25) is 5.21 Å². The van der Waals surface area contributed by atoms with E-state index < -0.39 is 0 Å². The van der Waals surface area contributed by atoms with Crippen molar-refractivity contribution in [2.75, 3.05) is 0 Å². The Balaban J connectivity index is 2.50. The zero-order valence-corrected chi connectivity index (χ0v) is 12.9. The van der Waals surface area contributed by atoms with Crippen LogP contribution in [0, 0.1) is 17.8 Å².